The summed E-state index contributed by atoms with van der Waals surface area (Å²) in [5.41, 5.74) is 1.61. The van der Waals surface area contributed by atoms with Crippen molar-refractivity contribution in [3.8, 4) is 5.75 Å². The molecule has 21 heavy (non-hydrogen) atoms. The fourth-order valence-electron chi connectivity index (χ4n) is 2.85. The minimum atomic E-state index is -3.49. The van der Waals surface area contributed by atoms with Gasteiger partial charge in [-0.15, -0.1) is 11.3 Å². The third-order valence-corrected chi connectivity index (χ3v) is 6.98. The normalized spacial score (nSPS) is 17.3. The van der Waals surface area contributed by atoms with E-state index in [-0.39, 0.29) is 0 Å². The zero-order valence-electron chi connectivity index (χ0n) is 11.2. The van der Waals surface area contributed by atoms with Gasteiger partial charge >= 0.3 is 0 Å². The number of thiophene rings is 1. The van der Waals surface area contributed by atoms with E-state index in [0.717, 1.165) is 18.0 Å². The fourth-order valence-corrected chi connectivity index (χ4v) is 5.42. The van der Waals surface area contributed by atoms with Gasteiger partial charge < -0.3 is 9.64 Å². The molecule has 3 heterocycles. The topological polar surface area (TPSA) is 49.9 Å². The molecule has 0 saturated carbocycles. The van der Waals surface area contributed by atoms with Gasteiger partial charge in [0.1, 0.15) is 22.3 Å². The van der Waals surface area contributed by atoms with Gasteiger partial charge in [-0.2, -0.15) is 0 Å². The van der Waals surface area contributed by atoms with Crippen LogP contribution in [0.1, 0.15) is 0 Å². The first-order chi connectivity index (χ1) is 10.2. The minimum Gasteiger partial charge on any atom is -0.489 e. The lowest BCUT2D eigenvalue weighted by atomic mass is 10.1. The van der Waals surface area contributed by atoms with Crippen LogP contribution < -0.4 is 13.9 Å². The molecule has 2 aromatic rings. The van der Waals surface area contributed by atoms with Crippen LogP contribution in [-0.4, -0.2) is 34.7 Å². The van der Waals surface area contributed by atoms with Crippen LogP contribution in [0, 0.1) is 0 Å². The molecule has 0 spiro atoms. The van der Waals surface area contributed by atoms with Gasteiger partial charge in [-0.25, -0.2) is 8.42 Å². The van der Waals surface area contributed by atoms with Crippen LogP contribution in [-0.2, 0) is 10.0 Å². The maximum absolute atomic E-state index is 12.8. The molecule has 1 aromatic carbocycles. The number of hydrogen-bond acceptors (Lipinski definition) is 5. The molecule has 0 N–H and O–H groups in total. The van der Waals surface area contributed by atoms with Crippen molar-refractivity contribution in [2.24, 2.45) is 0 Å². The molecule has 0 radical (unpaired) electrons. The van der Waals surface area contributed by atoms with Crippen molar-refractivity contribution >= 4 is 32.7 Å². The molecule has 5 nitrogen and oxygen atoms in total. The Balaban J connectivity index is 1.86. The first-order valence-corrected chi connectivity index (χ1v) is 9.07. The molecule has 2 aliphatic heterocycles. The quantitative estimate of drug-likeness (QED) is 0.850. The maximum atomic E-state index is 12.8. The number of nitrogens with zero attached hydrogens (tertiary/aromatic N) is 2. The molecule has 0 saturated heterocycles. The van der Waals surface area contributed by atoms with Crippen LogP contribution in [0.15, 0.2) is 39.9 Å². The summed E-state index contributed by atoms with van der Waals surface area (Å²) >= 11 is 1.25. The predicted molar refractivity (Wildman–Crippen MR) is 83.0 cm³/mol. The zero-order valence-corrected chi connectivity index (χ0v) is 12.9. The van der Waals surface area contributed by atoms with Crippen molar-refractivity contribution in [1.29, 1.82) is 0 Å². The van der Waals surface area contributed by atoms with Crippen molar-refractivity contribution < 1.29 is 13.2 Å². The fraction of sp³-hybridized carbons (Fsp3) is 0.286. The van der Waals surface area contributed by atoms with Gasteiger partial charge in [-0.1, -0.05) is 12.1 Å². The lowest BCUT2D eigenvalue weighted by Crippen LogP contribution is -2.46. The molecular weight excluding hydrogens is 308 g/mol. The van der Waals surface area contributed by atoms with E-state index in [1.807, 2.05) is 18.2 Å². The molecule has 0 fully saturated rings. The smallest absolute Gasteiger partial charge is 0.273 e. The average molecular weight is 322 g/mol. The monoisotopic (exact) mass is 322 g/mol. The Morgan fingerprint density at radius 3 is 2.81 bits per heavy atom. The van der Waals surface area contributed by atoms with Crippen molar-refractivity contribution in [1.82, 2.24) is 0 Å². The third-order valence-electron chi connectivity index (χ3n) is 3.79. The number of anilines is 2. The van der Waals surface area contributed by atoms with Gasteiger partial charge in [-0.3, -0.25) is 4.31 Å². The second kappa shape index (κ2) is 4.64. The lowest BCUT2D eigenvalue weighted by molar-refractivity contribution is 0.307. The van der Waals surface area contributed by atoms with Crippen LogP contribution in [0.4, 0.5) is 11.4 Å². The Hall–Kier alpha value is -1.73. The Kier molecular flexibility index (Phi) is 2.87. The van der Waals surface area contributed by atoms with Crippen LogP contribution in [0.3, 0.4) is 0 Å². The highest BCUT2D eigenvalue weighted by Gasteiger charge is 2.35. The largest absolute Gasteiger partial charge is 0.489 e. The highest BCUT2D eigenvalue weighted by molar-refractivity contribution is 7.94. The summed E-state index contributed by atoms with van der Waals surface area (Å²) in [6, 6.07) is 9.01. The average Bonchev–Trinajstić information content (AvgIpc) is 3.03. The summed E-state index contributed by atoms with van der Waals surface area (Å²) in [6.07, 6.45) is 0. The first-order valence-electron chi connectivity index (χ1n) is 6.75. The molecule has 0 unspecified atom stereocenters. The number of sulfonamides is 1. The second-order valence-corrected chi connectivity index (χ2v) is 8.01. The summed E-state index contributed by atoms with van der Waals surface area (Å²) in [5.74, 6) is 0.768. The van der Waals surface area contributed by atoms with Crippen molar-refractivity contribution in [2.45, 2.75) is 4.21 Å². The maximum Gasteiger partial charge on any atom is 0.273 e. The number of rotatable bonds is 2. The summed E-state index contributed by atoms with van der Waals surface area (Å²) in [4.78, 5) is 2.20. The van der Waals surface area contributed by atoms with Gasteiger partial charge in [-0.05, 0) is 23.6 Å². The van der Waals surface area contributed by atoms with Gasteiger partial charge in [0, 0.05) is 6.54 Å². The van der Waals surface area contributed by atoms with Gasteiger partial charge in [0.25, 0.3) is 10.0 Å². The van der Waals surface area contributed by atoms with E-state index in [0.29, 0.717) is 29.6 Å². The first kappa shape index (κ1) is 13.0. The minimum absolute atomic E-state index is 0.380. The highest BCUT2D eigenvalue weighted by Crippen LogP contribution is 2.44. The Morgan fingerprint density at radius 1 is 1.10 bits per heavy atom. The van der Waals surface area contributed by atoms with Crippen LogP contribution >= 0.6 is 11.3 Å². The second-order valence-electron chi connectivity index (χ2n) is 4.97. The van der Waals surface area contributed by atoms with Gasteiger partial charge in [0.15, 0.2) is 0 Å². The molecule has 110 valence electrons. The lowest BCUT2D eigenvalue weighted by Gasteiger charge is -2.40. The molecule has 7 heteroatoms. The van der Waals surface area contributed by atoms with Gasteiger partial charge in [0.2, 0.25) is 0 Å². The Labute approximate surface area is 127 Å². The van der Waals surface area contributed by atoms with Crippen LogP contribution in [0.25, 0.3) is 0 Å². The summed E-state index contributed by atoms with van der Waals surface area (Å²) in [7, 11) is -3.49. The van der Waals surface area contributed by atoms with E-state index in [9.17, 15) is 8.42 Å². The SMILES string of the molecule is O=S(=O)(c1cccs1)N1CCN2CCOc3cccc1c32. The Morgan fingerprint density at radius 2 is 2.00 bits per heavy atom. The van der Waals surface area contributed by atoms with E-state index < -0.39 is 10.0 Å². The van der Waals surface area contributed by atoms with Gasteiger partial charge in [0.05, 0.1) is 18.8 Å². The summed E-state index contributed by atoms with van der Waals surface area (Å²) < 4.78 is 33.2. The molecule has 0 bridgehead atoms. The van der Waals surface area contributed by atoms with Crippen LogP contribution in [0.2, 0.25) is 0 Å². The zero-order chi connectivity index (χ0) is 14.4. The van der Waals surface area contributed by atoms with E-state index in [1.54, 1.807) is 17.5 Å². The predicted octanol–water partition coefficient (Wildman–Crippen LogP) is 2.16. The van der Waals surface area contributed by atoms with E-state index in [2.05, 4.69) is 4.90 Å². The van der Waals surface area contributed by atoms with Crippen molar-refractivity contribution in [2.75, 3.05) is 35.4 Å². The molecule has 2 aliphatic rings. The number of hydrogen-bond donors (Lipinski definition) is 0. The molecule has 4 rings (SSSR count). The summed E-state index contributed by atoms with van der Waals surface area (Å²) in [5, 5.41) is 1.78. The number of benzene rings is 1. The van der Waals surface area contributed by atoms with E-state index >= 15 is 0 Å². The van der Waals surface area contributed by atoms with Crippen LogP contribution in [0.5, 0.6) is 5.75 Å². The molecule has 0 atom stereocenters. The number of ether oxygens (including phenoxy) is 1. The van der Waals surface area contributed by atoms with Crippen molar-refractivity contribution in [3.63, 3.8) is 0 Å². The van der Waals surface area contributed by atoms with E-state index in [4.69, 9.17) is 4.74 Å². The standard InChI is InChI=1S/C14H14N2O3S2/c17-21(18,13-5-2-10-20-13)16-7-6-15-8-9-19-12-4-1-3-11(16)14(12)15/h1-5,10H,6-9H2. The summed E-state index contributed by atoms with van der Waals surface area (Å²) in [6.45, 7) is 2.61. The molecule has 0 aliphatic carbocycles. The highest BCUT2D eigenvalue weighted by atomic mass is 32.2. The third kappa shape index (κ3) is 1.91. The molecule has 1 aromatic heterocycles. The molecular formula is C14H14N2O3S2. The van der Waals surface area contributed by atoms with E-state index in [1.165, 1.54) is 15.6 Å². The Bertz CT molecular complexity index is 772. The number of para-hydroxylation sites is 1. The van der Waals surface area contributed by atoms with Crippen molar-refractivity contribution in [3.05, 3.63) is 35.7 Å². The molecule has 0 amide bonds.